The van der Waals surface area contributed by atoms with Crippen LogP contribution in [0.5, 0.6) is 0 Å². The van der Waals surface area contributed by atoms with Crippen LogP contribution in [0, 0.1) is 71.5 Å². The van der Waals surface area contributed by atoms with E-state index in [0.717, 1.165) is 100 Å². The topological polar surface area (TPSA) is 110 Å². The van der Waals surface area contributed by atoms with Gasteiger partial charge >= 0.3 is 20.1 Å². The first kappa shape index (κ1) is 44.7. The Hall–Kier alpha value is -1.59. The molecule has 0 radical (unpaired) electrons. The van der Waals surface area contributed by atoms with E-state index in [1.807, 2.05) is 58.1 Å². The number of hydrogen-bond donors (Lipinski definition) is 3. The zero-order valence-corrected chi connectivity index (χ0v) is 47.6. The van der Waals surface area contributed by atoms with Gasteiger partial charge < -0.3 is 30.3 Å². The summed E-state index contributed by atoms with van der Waals surface area (Å²) in [7, 11) is 0. The summed E-state index contributed by atoms with van der Waals surface area (Å²) in [5, 5.41) is 28.2. The number of nitrogens with zero attached hydrogens (tertiary/aromatic N) is 3. The zero-order chi connectivity index (χ0) is 56.8. The third-order valence-corrected chi connectivity index (χ3v) is 18.9. The van der Waals surface area contributed by atoms with Crippen molar-refractivity contribution in [3.8, 4) is 0 Å². The first-order valence-corrected chi connectivity index (χ1v) is 28.9. The minimum absolute atomic E-state index is 0. The number of thioether (sulfide) groups is 2. The van der Waals surface area contributed by atoms with Crippen LogP contribution in [0.15, 0.2) is 65.4 Å². The van der Waals surface area contributed by atoms with E-state index >= 15 is 0 Å². The van der Waals surface area contributed by atoms with Gasteiger partial charge in [0.15, 0.2) is 12.5 Å². The minimum Gasteiger partial charge on any atom is -0.654 e. The van der Waals surface area contributed by atoms with E-state index in [1.165, 1.54) is 32.1 Å². The molecule has 2 saturated heterocycles. The van der Waals surface area contributed by atoms with Crippen LogP contribution >= 0.6 is 23.5 Å². The van der Waals surface area contributed by atoms with Gasteiger partial charge in [0.2, 0.25) is 0 Å². The second-order valence-corrected chi connectivity index (χ2v) is 24.9. The largest absolute Gasteiger partial charge is 3.00 e. The number of aliphatic imine (C=N–C) groups is 2. The van der Waals surface area contributed by atoms with Crippen molar-refractivity contribution in [3.63, 3.8) is 0 Å². The van der Waals surface area contributed by atoms with Crippen molar-refractivity contribution < 1.29 is 52.1 Å². The number of allylic oxidation sites excluding steroid dienone is 3. The Kier molecular flexibility index (Phi) is 15.9. The van der Waals surface area contributed by atoms with Crippen molar-refractivity contribution in [3.05, 3.63) is 73.6 Å². The van der Waals surface area contributed by atoms with E-state index in [0.29, 0.717) is 66.2 Å². The maximum atomic E-state index is 9.79. The van der Waals surface area contributed by atoms with E-state index in [-0.39, 0.29) is 74.7 Å². The first-order valence-electron chi connectivity index (χ1n) is 31.5. The number of aliphatic hydroxyl groups excluding tert-OH is 2. The van der Waals surface area contributed by atoms with Crippen molar-refractivity contribution in [1.29, 1.82) is 0 Å². The molecule has 3 N–H and O–H groups in total. The number of ether oxygens (including phenoxy) is 2. The third-order valence-electron chi connectivity index (χ3n) is 16.4. The standard InChI is InChI=1S/C24H34N2OS.C23H33N2OS.C12H24O2.Ir/c1-14-8-9-17-16-6-5-7-18(22(16)27-23(17)26-14)20-10-21-19(12-25-20)15(13-28-21)11-24(2,3)4;1-13(2)9-15-12-27-21-10-20(24-11-19(15)21)18-6-4-5-16-17-8-7-14(3)25-23(17)26-22(16)18;1-5-9(4)11(13)8-12(14)10(6-2)7-3;/h7,15-17,20,23H,5-6,8-13H2,1-4H3;6,13,15-17,20,23-24H,4-5,7-12H2,1-3H3;8-10,12-14H,5-7H2,1-4H3;/q-2;-1;;+3/b;;11-8-;/t2*15-,16+,17?,20-,23+;9-,12+;/m110./s1/i1D3,11D2;3D3,9D;;/tm;9-,15+,16-,17?,20+,23-;m;/m100.. The van der Waals surface area contributed by atoms with Gasteiger partial charge in [0, 0.05) is 65.6 Å². The fourth-order valence-corrected chi connectivity index (χ4v) is 15.1. The smallest absolute Gasteiger partial charge is 0.654 e. The molecule has 11 heteroatoms. The number of aliphatic hydroxyl groups is 2. The molecule has 8 heterocycles. The summed E-state index contributed by atoms with van der Waals surface area (Å²) >= 11 is 3.77. The van der Waals surface area contributed by atoms with Gasteiger partial charge in [-0.15, -0.1) is 49.0 Å². The number of rotatable bonds is 11. The van der Waals surface area contributed by atoms with Crippen molar-refractivity contribution in [2.45, 2.75) is 203 Å². The number of nitrogens with one attached hydrogen (secondary N) is 1. The molecular formula is C59H91IrN4O4S2. The SMILES string of the molecule is CCC(CC)[C@H](O)/C=C(\O)[C@@H](C)CC.[2H]C([2H])([2H])C1=N[C@H]2OC3=C([C@H]4CC5=C(C[N-]4)[C@H](C([2H])([2H])C(C)(C)C)CS5)[CH-]CC[C@H]3C2CC1.[2H][C@@H](C(C)C)[C@@H]1CSC2=C1CN[C@@H](C1=C3O[C@@H]4N=C(C([2H])([2H])[2H])CCC4[C@@H]3CC[CH-]1)C2.[Ir+3]. The van der Waals surface area contributed by atoms with Crippen LogP contribution < -0.4 is 5.32 Å². The second kappa shape index (κ2) is 24.8. The van der Waals surface area contributed by atoms with Gasteiger partial charge in [-0.3, -0.25) is 9.98 Å². The molecular weight excluding hydrogens is 1090 g/mol. The molecule has 70 heavy (non-hydrogen) atoms. The maximum absolute atomic E-state index is 9.79. The Morgan fingerprint density at radius 3 is 2.01 bits per heavy atom. The van der Waals surface area contributed by atoms with Crippen molar-refractivity contribution in [2.75, 3.05) is 24.6 Å². The molecule has 0 spiro atoms. The Labute approximate surface area is 459 Å². The molecule has 0 aromatic rings. The summed E-state index contributed by atoms with van der Waals surface area (Å²) in [6.07, 6.45) is 15.2. The molecule has 10 rings (SSSR count). The average molecular weight is 1190 g/mol. The van der Waals surface area contributed by atoms with E-state index in [9.17, 15) is 10.2 Å². The molecule has 392 valence electrons. The van der Waals surface area contributed by atoms with Crippen LogP contribution in [0.4, 0.5) is 0 Å². The Balaban J connectivity index is 0.000000184. The molecule has 0 aromatic heterocycles. The van der Waals surface area contributed by atoms with Gasteiger partial charge in [0.25, 0.3) is 0 Å². The quantitative estimate of drug-likeness (QED) is 0.140. The third kappa shape index (κ3) is 13.1. The van der Waals surface area contributed by atoms with Gasteiger partial charge in [0.1, 0.15) is 0 Å². The minimum atomic E-state index is -2.14. The van der Waals surface area contributed by atoms with Crippen LogP contribution in [-0.2, 0) is 29.6 Å². The van der Waals surface area contributed by atoms with Crippen molar-refractivity contribution in [2.24, 2.45) is 68.7 Å². The fourth-order valence-electron chi connectivity index (χ4n) is 12.4. The Morgan fingerprint density at radius 1 is 0.857 bits per heavy atom. The molecule has 13 atom stereocenters. The molecule has 10 aliphatic rings. The summed E-state index contributed by atoms with van der Waals surface area (Å²) in [6, 6.07) is 0.289. The fraction of sp³-hybridized carbons (Fsp3) is 0.763. The number of hydrogen-bond acceptors (Lipinski definition) is 9. The molecule has 2 unspecified atom stereocenters. The van der Waals surface area contributed by atoms with Gasteiger partial charge in [-0.05, 0) is 145 Å². The van der Waals surface area contributed by atoms with Crippen LogP contribution in [0.25, 0.3) is 5.32 Å². The normalized spacial score (nSPS) is 36.2. The zero-order valence-electron chi connectivity index (χ0n) is 52.6. The maximum Gasteiger partial charge on any atom is 3.00 e. The van der Waals surface area contributed by atoms with Crippen molar-refractivity contribution >= 4 is 34.9 Å². The summed E-state index contributed by atoms with van der Waals surface area (Å²) < 4.78 is 85.2. The molecule has 0 aromatic carbocycles. The van der Waals surface area contributed by atoms with Gasteiger partial charge in [-0.1, -0.05) is 93.6 Å². The average Bonchev–Trinajstić information content (AvgIpc) is 4.20. The van der Waals surface area contributed by atoms with Gasteiger partial charge in [-0.25, -0.2) is 12.8 Å². The van der Waals surface area contributed by atoms with Crippen molar-refractivity contribution in [1.82, 2.24) is 5.32 Å². The van der Waals surface area contributed by atoms with Crippen LogP contribution in [0.1, 0.15) is 185 Å². The summed E-state index contributed by atoms with van der Waals surface area (Å²) in [5.41, 5.74) is 5.30. The first-order chi connectivity index (χ1) is 36.7. The summed E-state index contributed by atoms with van der Waals surface area (Å²) in [6.45, 7) is 15.6. The van der Waals surface area contributed by atoms with E-state index in [1.54, 1.807) is 6.08 Å². The molecule has 8 nitrogen and oxygen atoms in total. The molecule has 0 amide bonds. The van der Waals surface area contributed by atoms with Crippen LogP contribution in [0.3, 0.4) is 0 Å². The molecule has 8 aliphatic heterocycles. The second-order valence-electron chi connectivity index (χ2n) is 22.7. The van der Waals surface area contributed by atoms with Crippen LogP contribution in [0.2, 0.25) is 0 Å². The van der Waals surface area contributed by atoms with E-state index in [4.69, 9.17) is 27.1 Å². The molecule has 0 saturated carbocycles. The Bertz CT molecular complexity index is 2390. The van der Waals surface area contributed by atoms with Gasteiger partial charge in [0.05, 0.1) is 11.9 Å². The van der Waals surface area contributed by atoms with E-state index in [2.05, 4.69) is 55.8 Å². The molecule has 2 fully saturated rings. The summed E-state index contributed by atoms with van der Waals surface area (Å²) in [4.78, 5) is 11.9. The monoisotopic (exact) mass is 1190 g/mol. The molecule has 0 bridgehead atoms. The van der Waals surface area contributed by atoms with E-state index < -0.39 is 31.6 Å². The van der Waals surface area contributed by atoms with Crippen LogP contribution in [-0.4, -0.2) is 76.9 Å². The predicted octanol–water partition coefficient (Wildman–Crippen LogP) is 14.7. The molecule has 2 aliphatic carbocycles. The predicted molar refractivity (Wildman–Crippen MR) is 292 cm³/mol. The number of fused-ring (bicyclic) bond motifs is 6. The Morgan fingerprint density at radius 2 is 1.44 bits per heavy atom. The summed E-state index contributed by atoms with van der Waals surface area (Å²) in [5.74, 6) is 6.55. The van der Waals surface area contributed by atoms with Gasteiger partial charge in [-0.2, -0.15) is 11.1 Å².